The van der Waals surface area contributed by atoms with Gasteiger partial charge in [-0.25, -0.2) is 0 Å². The van der Waals surface area contributed by atoms with Gasteiger partial charge in [0.1, 0.15) is 6.61 Å². The molecule has 0 aliphatic carbocycles. The molecule has 1 saturated heterocycles. The average Bonchev–Trinajstić information content (AvgIpc) is 3.24. The summed E-state index contributed by atoms with van der Waals surface area (Å²) in [6.45, 7) is 5.31. The first kappa shape index (κ1) is 19.1. The number of ether oxygens (including phenoxy) is 2. The van der Waals surface area contributed by atoms with Gasteiger partial charge in [-0.15, -0.1) is 0 Å². The predicted molar refractivity (Wildman–Crippen MR) is 113 cm³/mol. The zero-order chi connectivity index (χ0) is 20.1. The molecule has 2 aromatic carbocycles. The van der Waals surface area contributed by atoms with Crippen LogP contribution in [0.3, 0.4) is 0 Å². The second-order valence-corrected chi connectivity index (χ2v) is 7.19. The molecule has 3 aromatic rings. The molecule has 1 aromatic heterocycles. The highest BCUT2D eigenvalue weighted by atomic mass is 16.5. The number of anilines is 4. The molecule has 4 rings (SSSR count). The van der Waals surface area contributed by atoms with E-state index in [-0.39, 0.29) is 12.1 Å². The van der Waals surface area contributed by atoms with Crippen molar-refractivity contribution >= 4 is 23.3 Å². The van der Waals surface area contributed by atoms with Crippen LogP contribution in [-0.2, 0) is 4.74 Å². The van der Waals surface area contributed by atoms with E-state index in [1.54, 1.807) is 0 Å². The number of hydrogen-bond acceptors (Lipinski definition) is 7. The smallest absolute Gasteiger partial charge is 0.323 e. The average molecular weight is 391 g/mol. The van der Waals surface area contributed by atoms with E-state index in [1.807, 2.05) is 62.4 Å². The van der Waals surface area contributed by atoms with Crippen LogP contribution in [0.4, 0.5) is 23.3 Å². The summed E-state index contributed by atoms with van der Waals surface area (Å²) < 4.78 is 11.4. The van der Waals surface area contributed by atoms with Crippen LogP contribution < -0.4 is 15.4 Å². The van der Waals surface area contributed by atoms with Crippen LogP contribution in [0, 0.1) is 13.8 Å². The van der Waals surface area contributed by atoms with Crippen molar-refractivity contribution in [2.24, 2.45) is 0 Å². The molecular weight excluding hydrogens is 366 g/mol. The third-order valence-corrected chi connectivity index (χ3v) is 4.65. The van der Waals surface area contributed by atoms with Gasteiger partial charge < -0.3 is 20.1 Å². The minimum Gasteiger partial charge on any atom is -0.461 e. The Morgan fingerprint density at radius 3 is 1.90 bits per heavy atom. The highest BCUT2D eigenvalue weighted by Gasteiger charge is 2.17. The number of aromatic nitrogens is 3. The standard InChI is InChI=1S/C22H25N5O2/c1-15-5-9-17(10-6-15)23-20-25-21(24-18-11-7-16(2)8-12-18)27-22(26-20)29-14-19-4-3-13-28-19/h5-12,19H,3-4,13-14H2,1-2H3,(H2,23,24,25,26,27)/t19-/m1/s1. The highest BCUT2D eigenvalue weighted by Crippen LogP contribution is 2.21. The van der Waals surface area contributed by atoms with Crippen LogP contribution in [0.5, 0.6) is 6.01 Å². The molecule has 1 aliphatic heterocycles. The minimum absolute atomic E-state index is 0.0915. The summed E-state index contributed by atoms with van der Waals surface area (Å²) in [5, 5.41) is 6.44. The van der Waals surface area contributed by atoms with Crippen molar-refractivity contribution in [3.05, 3.63) is 59.7 Å². The summed E-state index contributed by atoms with van der Waals surface area (Å²) in [4.78, 5) is 13.3. The predicted octanol–water partition coefficient (Wildman–Crippen LogP) is 4.53. The monoisotopic (exact) mass is 391 g/mol. The number of nitrogens with zero attached hydrogens (tertiary/aromatic N) is 3. The maximum absolute atomic E-state index is 5.82. The van der Waals surface area contributed by atoms with E-state index in [4.69, 9.17) is 9.47 Å². The lowest BCUT2D eigenvalue weighted by Gasteiger charge is -2.13. The fraction of sp³-hybridized carbons (Fsp3) is 0.318. The molecule has 1 aliphatic rings. The van der Waals surface area contributed by atoms with Crippen molar-refractivity contribution in [3.63, 3.8) is 0 Å². The van der Waals surface area contributed by atoms with Crippen LogP contribution in [-0.4, -0.2) is 34.3 Å². The van der Waals surface area contributed by atoms with Crippen LogP contribution in [0.1, 0.15) is 24.0 Å². The molecule has 7 heteroatoms. The summed E-state index contributed by atoms with van der Waals surface area (Å²) in [5.41, 5.74) is 4.17. The molecule has 2 N–H and O–H groups in total. The number of benzene rings is 2. The van der Waals surface area contributed by atoms with Crippen molar-refractivity contribution < 1.29 is 9.47 Å². The van der Waals surface area contributed by atoms with Crippen molar-refractivity contribution in [2.75, 3.05) is 23.8 Å². The van der Waals surface area contributed by atoms with Crippen molar-refractivity contribution in [1.82, 2.24) is 15.0 Å². The molecule has 0 radical (unpaired) electrons. The first-order valence-corrected chi connectivity index (χ1v) is 9.82. The molecule has 0 unspecified atom stereocenters. The first-order valence-electron chi connectivity index (χ1n) is 9.82. The second-order valence-electron chi connectivity index (χ2n) is 7.19. The second kappa shape index (κ2) is 8.87. The fourth-order valence-corrected chi connectivity index (χ4v) is 3.01. The maximum atomic E-state index is 5.82. The minimum atomic E-state index is 0.0915. The summed E-state index contributed by atoms with van der Waals surface area (Å²) in [7, 11) is 0. The van der Waals surface area contributed by atoms with Gasteiger partial charge in [-0.3, -0.25) is 0 Å². The third-order valence-electron chi connectivity index (χ3n) is 4.65. The fourth-order valence-electron chi connectivity index (χ4n) is 3.01. The molecule has 0 saturated carbocycles. The van der Waals surface area contributed by atoms with Crippen molar-refractivity contribution in [2.45, 2.75) is 32.8 Å². The van der Waals surface area contributed by atoms with Crippen LogP contribution in [0.2, 0.25) is 0 Å². The Bertz CT molecular complexity index is 873. The van der Waals surface area contributed by atoms with Gasteiger partial charge in [0.2, 0.25) is 11.9 Å². The Morgan fingerprint density at radius 2 is 1.41 bits per heavy atom. The molecule has 7 nitrogen and oxygen atoms in total. The van der Waals surface area contributed by atoms with Gasteiger partial charge >= 0.3 is 6.01 Å². The van der Waals surface area contributed by atoms with Crippen molar-refractivity contribution in [3.8, 4) is 6.01 Å². The van der Waals surface area contributed by atoms with Gasteiger partial charge in [-0.05, 0) is 51.0 Å². The summed E-state index contributed by atoms with van der Waals surface area (Å²) >= 11 is 0. The van der Waals surface area contributed by atoms with E-state index in [0.717, 1.165) is 30.8 Å². The summed E-state index contributed by atoms with van der Waals surface area (Å²) in [5.74, 6) is 0.835. The Hall–Kier alpha value is -3.19. The molecule has 0 amide bonds. The van der Waals surface area contributed by atoms with Crippen molar-refractivity contribution in [1.29, 1.82) is 0 Å². The molecule has 0 spiro atoms. The molecule has 0 bridgehead atoms. The van der Waals surface area contributed by atoms with Gasteiger partial charge in [0.15, 0.2) is 0 Å². The number of aryl methyl sites for hydroxylation is 2. The number of rotatable bonds is 7. The third kappa shape index (κ3) is 5.42. The van der Waals surface area contributed by atoms with Crippen LogP contribution in [0.25, 0.3) is 0 Å². The topological polar surface area (TPSA) is 81.2 Å². The molecule has 2 heterocycles. The summed E-state index contributed by atoms with van der Waals surface area (Å²) in [6.07, 6.45) is 2.15. The zero-order valence-corrected chi connectivity index (χ0v) is 16.7. The van der Waals surface area contributed by atoms with E-state index in [0.29, 0.717) is 18.5 Å². The molecule has 29 heavy (non-hydrogen) atoms. The lowest BCUT2D eigenvalue weighted by atomic mass is 10.2. The van der Waals surface area contributed by atoms with E-state index in [9.17, 15) is 0 Å². The molecule has 150 valence electrons. The van der Waals surface area contributed by atoms with E-state index >= 15 is 0 Å². The lowest BCUT2D eigenvalue weighted by molar-refractivity contribution is 0.0645. The molecular formula is C22H25N5O2. The van der Waals surface area contributed by atoms with Crippen LogP contribution >= 0.6 is 0 Å². The first-order chi connectivity index (χ1) is 14.1. The van der Waals surface area contributed by atoms with E-state index < -0.39 is 0 Å². The maximum Gasteiger partial charge on any atom is 0.323 e. The van der Waals surface area contributed by atoms with Gasteiger partial charge in [-0.1, -0.05) is 35.4 Å². The Kier molecular flexibility index (Phi) is 5.86. The van der Waals surface area contributed by atoms with E-state index in [2.05, 4.69) is 25.6 Å². The quantitative estimate of drug-likeness (QED) is 0.612. The Morgan fingerprint density at radius 1 is 0.862 bits per heavy atom. The molecule has 1 fully saturated rings. The Labute approximate surface area is 170 Å². The zero-order valence-electron chi connectivity index (χ0n) is 16.7. The number of nitrogens with one attached hydrogen (secondary N) is 2. The normalized spacial score (nSPS) is 15.9. The SMILES string of the molecule is Cc1ccc(Nc2nc(Nc3ccc(C)cc3)nc(OC[C@H]3CCCO3)n2)cc1. The number of hydrogen-bond donors (Lipinski definition) is 2. The largest absolute Gasteiger partial charge is 0.461 e. The summed E-state index contributed by atoms with van der Waals surface area (Å²) in [6, 6.07) is 16.3. The van der Waals surface area contributed by atoms with Gasteiger partial charge in [-0.2, -0.15) is 15.0 Å². The van der Waals surface area contributed by atoms with Gasteiger partial charge in [0, 0.05) is 18.0 Å². The lowest BCUT2D eigenvalue weighted by Crippen LogP contribution is -2.18. The Balaban J connectivity index is 1.55. The molecule has 1 atom stereocenters. The van der Waals surface area contributed by atoms with Gasteiger partial charge in [0.05, 0.1) is 6.10 Å². The van der Waals surface area contributed by atoms with Crippen LogP contribution in [0.15, 0.2) is 48.5 Å². The highest BCUT2D eigenvalue weighted by molar-refractivity contribution is 5.58. The van der Waals surface area contributed by atoms with Gasteiger partial charge in [0.25, 0.3) is 0 Å². The van der Waals surface area contributed by atoms with E-state index in [1.165, 1.54) is 11.1 Å².